The van der Waals surface area contributed by atoms with Crippen LogP contribution in [0.15, 0.2) is 23.2 Å². The number of halogens is 1. The largest absolute Gasteiger partial charge is 0.354 e. The lowest BCUT2D eigenvalue weighted by atomic mass is 10.0. The van der Waals surface area contributed by atoms with Crippen LogP contribution in [0, 0.1) is 6.42 Å². The van der Waals surface area contributed by atoms with Crippen molar-refractivity contribution >= 4 is 5.91 Å². The van der Waals surface area contributed by atoms with Crippen LogP contribution in [-0.2, 0) is 14.3 Å². The van der Waals surface area contributed by atoms with E-state index in [2.05, 4.69) is 0 Å². The molecule has 18 heavy (non-hydrogen) atoms. The normalized spacial score (nSPS) is 16.0. The Bertz CT molecular complexity index is 372. The lowest BCUT2D eigenvalue weighted by Gasteiger charge is -2.28. The van der Waals surface area contributed by atoms with Gasteiger partial charge < -0.3 is 14.4 Å². The standard InChI is InChI=1S/C13H19FNO3/c1-9-5-6-11(14)12(7-9)15(10(2)16)8-13(17-3)18-4/h6-7,13H,5,8H2,1-4H3. The van der Waals surface area contributed by atoms with Crippen molar-refractivity contribution in [2.45, 2.75) is 26.6 Å². The van der Waals surface area contributed by atoms with Crippen LogP contribution in [-0.4, -0.2) is 37.9 Å². The van der Waals surface area contributed by atoms with Gasteiger partial charge in [0, 0.05) is 27.6 Å². The van der Waals surface area contributed by atoms with Gasteiger partial charge in [-0.25, -0.2) is 4.39 Å². The molecule has 5 heteroatoms. The summed E-state index contributed by atoms with van der Waals surface area (Å²) in [6.07, 6.45) is 3.14. The molecule has 0 saturated heterocycles. The zero-order valence-electron chi connectivity index (χ0n) is 11.2. The van der Waals surface area contributed by atoms with Crippen molar-refractivity contribution in [3.63, 3.8) is 0 Å². The SMILES string of the molecule is COC(CN(C(C)=O)C1=C(F)[CH]CC(C)=C1)OC. The van der Waals surface area contributed by atoms with Crippen LogP contribution < -0.4 is 0 Å². The summed E-state index contributed by atoms with van der Waals surface area (Å²) < 4.78 is 23.9. The maximum atomic E-state index is 13.8. The van der Waals surface area contributed by atoms with Crippen LogP contribution in [0.4, 0.5) is 4.39 Å². The molecule has 1 radical (unpaired) electrons. The molecule has 0 heterocycles. The molecule has 0 saturated carbocycles. The Labute approximate surface area is 107 Å². The number of carbonyl (C=O) groups excluding carboxylic acids is 1. The summed E-state index contributed by atoms with van der Waals surface area (Å²) in [4.78, 5) is 13.0. The van der Waals surface area contributed by atoms with Gasteiger partial charge in [0.05, 0.1) is 12.2 Å². The quantitative estimate of drug-likeness (QED) is 0.708. The van der Waals surface area contributed by atoms with E-state index in [-0.39, 0.29) is 24.0 Å². The molecule has 0 aromatic heterocycles. The van der Waals surface area contributed by atoms with E-state index in [4.69, 9.17) is 9.47 Å². The molecule has 0 aliphatic heterocycles. The molecule has 101 valence electrons. The average molecular weight is 256 g/mol. The van der Waals surface area contributed by atoms with E-state index < -0.39 is 6.29 Å². The minimum Gasteiger partial charge on any atom is -0.354 e. The monoisotopic (exact) mass is 256 g/mol. The van der Waals surface area contributed by atoms with Crippen molar-refractivity contribution in [1.29, 1.82) is 0 Å². The molecular weight excluding hydrogens is 237 g/mol. The van der Waals surface area contributed by atoms with Gasteiger partial charge in [-0.1, -0.05) is 5.57 Å². The number of allylic oxidation sites excluding steroid dienone is 3. The van der Waals surface area contributed by atoms with E-state index in [1.54, 1.807) is 6.08 Å². The predicted molar refractivity (Wildman–Crippen MR) is 66.0 cm³/mol. The number of amides is 1. The maximum absolute atomic E-state index is 13.8. The van der Waals surface area contributed by atoms with Gasteiger partial charge in [-0.15, -0.1) is 0 Å². The van der Waals surface area contributed by atoms with Crippen molar-refractivity contribution in [2.75, 3.05) is 20.8 Å². The van der Waals surface area contributed by atoms with Crippen LogP contribution in [0.25, 0.3) is 0 Å². The Morgan fingerprint density at radius 3 is 2.61 bits per heavy atom. The number of hydrogen-bond acceptors (Lipinski definition) is 3. The van der Waals surface area contributed by atoms with Crippen LogP contribution in [0.5, 0.6) is 0 Å². The first-order valence-electron chi connectivity index (χ1n) is 5.73. The van der Waals surface area contributed by atoms with E-state index >= 15 is 0 Å². The van der Waals surface area contributed by atoms with Crippen molar-refractivity contribution < 1.29 is 18.7 Å². The van der Waals surface area contributed by atoms with Gasteiger partial charge >= 0.3 is 0 Å². The third kappa shape index (κ3) is 3.65. The second-order valence-electron chi connectivity index (χ2n) is 4.16. The zero-order chi connectivity index (χ0) is 13.7. The third-order valence-corrected chi connectivity index (χ3v) is 2.76. The van der Waals surface area contributed by atoms with Gasteiger partial charge in [-0.3, -0.25) is 4.79 Å². The first kappa shape index (κ1) is 14.9. The maximum Gasteiger partial charge on any atom is 0.224 e. The highest BCUT2D eigenvalue weighted by molar-refractivity contribution is 5.76. The van der Waals surface area contributed by atoms with Gasteiger partial charge in [0.25, 0.3) is 0 Å². The van der Waals surface area contributed by atoms with Crippen LogP contribution in [0.3, 0.4) is 0 Å². The number of ether oxygens (including phenoxy) is 2. The molecule has 1 aliphatic carbocycles. The Hall–Kier alpha value is -1.20. The van der Waals surface area contributed by atoms with Gasteiger partial charge in [0.1, 0.15) is 5.83 Å². The minimum absolute atomic E-state index is 0.155. The predicted octanol–water partition coefficient (Wildman–Crippen LogP) is 2.19. The van der Waals surface area contributed by atoms with Crippen molar-refractivity contribution in [1.82, 2.24) is 4.90 Å². The summed E-state index contributed by atoms with van der Waals surface area (Å²) in [5.41, 5.74) is 1.27. The Balaban J connectivity index is 2.95. The summed E-state index contributed by atoms with van der Waals surface area (Å²) in [6.45, 7) is 3.44. The fourth-order valence-electron chi connectivity index (χ4n) is 1.71. The fourth-order valence-corrected chi connectivity index (χ4v) is 1.71. The first-order valence-corrected chi connectivity index (χ1v) is 5.73. The molecule has 0 aromatic carbocycles. The summed E-state index contributed by atoms with van der Waals surface area (Å²) in [5, 5.41) is 0. The second-order valence-corrected chi connectivity index (χ2v) is 4.16. The van der Waals surface area contributed by atoms with Crippen LogP contribution >= 0.6 is 0 Å². The average Bonchev–Trinajstić information content (AvgIpc) is 2.34. The Kier molecular flexibility index (Phi) is 5.50. The Morgan fingerprint density at radius 1 is 1.50 bits per heavy atom. The molecule has 0 aromatic rings. The van der Waals surface area contributed by atoms with Crippen LogP contribution in [0.1, 0.15) is 20.3 Å². The van der Waals surface area contributed by atoms with E-state index in [0.717, 1.165) is 5.57 Å². The molecule has 1 aliphatic rings. The molecule has 0 fully saturated rings. The van der Waals surface area contributed by atoms with Gasteiger partial charge in [-0.2, -0.15) is 0 Å². The highest BCUT2D eigenvalue weighted by Gasteiger charge is 2.23. The number of methoxy groups -OCH3 is 2. The number of rotatable bonds is 5. The molecular formula is C13H19FNO3. The van der Waals surface area contributed by atoms with Crippen molar-refractivity contribution in [3.05, 3.63) is 29.6 Å². The molecule has 0 bridgehead atoms. The molecule has 4 nitrogen and oxygen atoms in total. The Morgan fingerprint density at radius 2 is 2.11 bits per heavy atom. The van der Waals surface area contributed by atoms with Crippen molar-refractivity contribution in [3.8, 4) is 0 Å². The summed E-state index contributed by atoms with van der Waals surface area (Å²) >= 11 is 0. The first-order chi connectivity index (χ1) is 8.49. The molecule has 0 unspecified atom stereocenters. The number of hydrogen-bond donors (Lipinski definition) is 0. The third-order valence-electron chi connectivity index (χ3n) is 2.76. The van der Waals surface area contributed by atoms with Gasteiger partial charge in [0.15, 0.2) is 6.29 Å². The topological polar surface area (TPSA) is 38.8 Å². The van der Waals surface area contributed by atoms with E-state index in [1.807, 2.05) is 6.92 Å². The van der Waals surface area contributed by atoms with E-state index in [9.17, 15) is 9.18 Å². The fraction of sp³-hybridized carbons (Fsp3) is 0.538. The summed E-state index contributed by atoms with van der Waals surface area (Å²) in [5.74, 6) is -0.639. The lowest BCUT2D eigenvalue weighted by Crippen LogP contribution is -2.37. The molecule has 1 rings (SSSR count). The molecule has 0 atom stereocenters. The molecule has 0 N–H and O–H groups in total. The van der Waals surface area contributed by atoms with E-state index in [0.29, 0.717) is 6.42 Å². The van der Waals surface area contributed by atoms with Crippen molar-refractivity contribution in [2.24, 2.45) is 0 Å². The number of nitrogens with zero attached hydrogens (tertiary/aromatic N) is 1. The lowest BCUT2D eigenvalue weighted by molar-refractivity contribution is -0.140. The summed E-state index contributed by atoms with van der Waals surface area (Å²) in [6, 6.07) is 0. The van der Waals surface area contributed by atoms with E-state index in [1.165, 1.54) is 32.5 Å². The van der Waals surface area contributed by atoms with Gasteiger partial charge in [-0.05, 0) is 19.4 Å². The van der Waals surface area contributed by atoms with Gasteiger partial charge in [0.2, 0.25) is 5.91 Å². The molecule has 0 spiro atoms. The number of carbonyl (C=O) groups is 1. The highest BCUT2D eigenvalue weighted by atomic mass is 19.1. The summed E-state index contributed by atoms with van der Waals surface area (Å²) in [7, 11) is 2.95. The second kappa shape index (κ2) is 6.66. The zero-order valence-corrected chi connectivity index (χ0v) is 11.2. The molecule has 1 amide bonds. The highest BCUT2D eigenvalue weighted by Crippen LogP contribution is 2.26. The van der Waals surface area contributed by atoms with Crippen LogP contribution in [0.2, 0.25) is 0 Å². The minimum atomic E-state index is -0.579. The smallest absolute Gasteiger partial charge is 0.224 e.